The molecule has 5 nitrogen and oxygen atoms in total. The van der Waals surface area contributed by atoms with Crippen LogP contribution in [0.3, 0.4) is 0 Å². The quantitative estimate of drug-likeness (QED) is 0.803. The van der Waals surface area contributed by atoms with E-state index in [1.807, 2.05) is 4.90 Å². The van der Waals surface area contributed by atoms with E-state index in [0.29, 0.717) is 12.5 Å². The number of rotatable bonds is 4. The summed E-state index contributed by atoms with van der Waals surface area (Å²) in [4.78, 5) is 13.8. The number of amides is 1. The van der Waals surface area contributed by atoms with Crippen molar-refractivity contribution < 1.29 is 14.3 Å². The van der Waals surface area contributed by atoms with E-state index in [0.717, 1.165) is 39.3 Å². The predicted molar refractivity (Wildman–Crippen MR) is 71.0 cm³/mol. The van der Waals surface area contributed by atoms with Crippen LogP contribution in [0.15, 0.2) is 0 Å². The molecular weight excluding hydrogens is 256 g/mol. The Balaban J connectivity index is 0.00000162. The molecule has 1 N–H and O–H groups in total. The average molecular weight is 279 g/mol. The van der Waals surface area contributed by atoms with Crippen molar-refractivity contribution in [3.8, 4) is 0 Å². The molecule has 0 bridgehead atoms. The van der Waals surface area contributed by atoms with E-state index in [1.54, 1.807) is 0 Å². The van der Waals surface area contributed by atoms with E-state index in [-0.39, 0.29) is 31.0 Å². The monoisotopic (exact) mass is 278 g/mol. The van der Waals surface area contributed by atoms with E-state index >= 15 is 0 Å². The zero-order valence-corrected chi connectivity index (χ0v) is 11.7. The van der Waals surface area contributed by atoms with Crippen LogP contribution in [-0.4, -0.2) is 62.9 Å². The smallest absolute Gasteiger partial charge is 0.248 e. The van der Waals surface area contributed by atoms with Crippen molar-refractivity contribution in [1.29, 1.82) is 0 Å². The minimum Gasteiger partial charge on any atom is -0.381 e. The van der Waals surface area contributed by atoms with Gasteiger partial charge in [-0.15, -0.1) is 12.4 Å². The maximum Gasteiger partial charge on any atom is 0.248 e. The first-order valence-corrected chi connectivity index (χ1v) is 6.43. The number of nitrogens with one attached hydrogen (secondary N) is 1. The lowest BCUT2D eigenvalue weighted by atomic mass is 10.1. The highest BCUT2D eigenvalue weighted by Gasteiger charge is 2.23. The molecule has 0 spiro atoms. The van der Waals surface area contributed by atoms with Crippen LogP contribution in [0.4, 0.5) is 0 Å². The molecular formula is C12H23ClN2O3. The Morgan fingerprint density at radius 2 is 2.39 bits per heavy atom. The van der Waals surface area contributed by atoms with Gasteiger partial charge in [0.2, 0.25) is 5.91 Å². The van der Waals surface area contributed by atoms with E-state index < -0.39 is 0 Å². The molecule has 0 saturated carbocycles. The minimum absolute atomic E-state index is 0. The number of carbonyl (C=O) groups excluding carboxylic acids is 1. The summed E-state index contributed by atoms with van der Waals surface area (Å²) in [5, 5.41) is 3.27. The van der Waals surface area contributed by atoms with Crippen molar-refractivity contribution in [1.82, 2.24) is 10.2 Å². The molecule has 0 aromatic carbocycles. The third-order valence-corrected chi connectivity index (χ3v) is 3.42. The van der Waals surface area contributed by atoms with Gasteiger partial charge in [0.15, 0.2) is 0 Å². The normalized spacial score (nSPS) is 27.9. The van der Waals surface area contributed by atoms with Gasteiger partial charge < -0.3 is 19.7 Å². The Labute approximate surface area is 115 Å². The maximum atomic E-state index is 11.9. The van der Waals surface area contributed by atoms with Gasteiger partial charge in [0.25, 0.3) is 0 Å². The number of hydrogen-bond donors (Lipinski definition) is 1. The Morgan fingerprint density at radius 1 is 1.56 bits per heavy atom. The van der Waals surface area contributed by atoms with Crippen LogP contribution in [0.1, 0.15) is 13.3 Å². The maximum absolute atomic E-state index is 11.9. The molecule has 2 aliphatic heterocycles. The molecule has 106 valence electrons. The van der Waals surface area contributed by atoms with Gasteiger partial charge in [-0.25, -0.2) is 0 Å². The van der Waals surface area contributed by atoms with Crippen molar-refractivity contribution in [3.63, 3.8) is 0 Å². The van der Waals surface area contributed by atoms with Crippen LogP contribution in [0.25, 0.3) is 0 Å². The molecule has 6 heteroatoms. The van der Waals surface area contributed by atoms with Crippen LogP contribution in [0, 0.1) is 5.92 Å². The number of carbonyl (C=O) groups is 1. The second-order valence-corrected chi connectivity index (χ2v) is 4.89. The lowest BCUT2D eigenvalue weighted by molar-refractivity contribution is -0.139. The highest BCUT2D eigenvalue weighted by atomic mass is 35.5. The molecule has 1 amide bonds. The molecule has 0 aliphatic carbocycles. The van der Waals surface area contributed by atoms with Gasteiger partial charge in [-0.05, 0) is 13.3 Å². The molecule has 2 rings (SSSR count). The number of piperazine rings is 1. The van der Waals surface area contributed by atoms with Crippen molar-refractivity contribution in [2.24, 2.45) is 5.92 Å². The molecule has 2 atom stereocenters. The SMILES string of the molecule is C[C@H]1CNCCN1C(=O)COCC1CCOC1.Cl. The van der Waals surface area contributed by atoms with Crippen LogP contribution < -0.4 is 5.32 Å². The van der Waals surface area contributed by atoms with Crippen molar-refractivity contribution in [2.45, 2.75) is 19.4 Å². The second kappa shape index (κ2) is 7.94. The fraction of sp³-hybridized carbons (Fsp3) is 0.917. The van der Waals surface area contributed by atoms with Gasteiger partial charge in [-0.3, -0.25) is 4.79 Å². The highest BCUT2D eigenvalue weighted by Crippen LogP contribution is 2.12. The molecule has 2 fully saturated rings. The highest BCUT2D eigenvalue weighted by molar-refractivity contribution is 5.85. The number of ether oxygens (including phenoxy) is 2. The fourth-order valence-electron chi connectivity index (χ4n) is 2.32. The molecule has 1 unspecified atom stereocenters. The van der Waals surface area contributed by atoms with Crippen LogP contribution in [-0.2, 0) is 14.3 Å². The predicted octanol–water partition coefficient (Wildman–Crippen LogP) is 0.282. The van der Waals surface area contributed by atoms with Crippen LogP contribution >= 0.6 is 12.4 Å². The number of nitrogens with zero attached hydrogens (tertiary/aromatic N) is 1. The Bertz CT molecular complexity index is 260. The summed E-state index contributed by atoms with van der Waals surface area (Å²) >= 11 is 0. The Kier molecular flexibility index (Phi) is 6.92. The van der Waals surface area contributed by atoms with Gasteiger partial charge in [-0.2, -0.15) is 0 Å². The number of halogens is 1. The average Bonchev–Trinajstić information content (AvgIpc) is 2.82. The van der Waals surface area contributed by atoms with Gasteiger partial charge in [0.1, 0.15) is 6.61 Å². The lowest BCUT2D eigenvalue weighted by Crippen LogP contribution is -2.53. The van der Waals surface area contributed by atoms with Gasteiger partial charge in [0.05, 0.1) is 13.2 Å². The first kappa shape index (κ1) is 15.7. The van der Waals surface area contributed by atoms with E-state index in [1.165, 1.54) is 0 Å². The van der Waals surface area contributed by atoms with E-state index in [2.05, 4.69) is 12.2 Å². The number of hydrogen-bond acceptors (Lipinski definition) is 4. The van der Waals surface area contributed by atoms with Crippen LogP contribution in [0.2, 0.25) is 0 Å². The van der Waals surface area contributed by atoms with Crippen molar-refractivity contribution in [3.05, 3.63) is 0 Å². The summed E-state index contributed by atoms with van der Waals surface area (Å²) in [5.41, 5.74) is 0. The molecule has 2 heterocycles. The third-order valence-electron chi connectivity index (χ3n) is 3.42. The molecule has 2 saturated heterocycles. The van der Waals surface area contributed by atoms with E-state index in [9.17, 15) is 4.79 Å². The third kappa shape index (κ3) is 4.39. The minimum atomic E-state index is 0. The van der Waals surface area contributed by atoms with Gasteiger partial charge in [0, 0.05) is 38.2 Å². The van der Waals surface area contributed by atoms with Crippen LogP contribution in [0.5, 0.6) is 0 Å². The topological polar surface area (TPSA) is 50.8 Å². The first-order valence-electron chi connectivity index (χ1n) is 6.43. The van der Waals surface area contributed by atoms with Gasteiger partial charge >= 0.3 is 0 Å². The lowest BCUT2D eigenvalue weighted by Gasteiger charge is -2.33. The summed E-state index contributed by atoms with van der Waals surface area (Å²) < 4.78 is 10.8. The van der Waals surface area contributed by atoms with Crippen molar-refractivity contribution in [2.75, 3.05) is 46.1 Å². The molecule has 18 heavy (non-hydrogen) atoms. The van der Waals surface area contributed by atoms with Crippen molar-refractivity contribution >= 4 is 18.3 Å². The molecule has 0 radical (unpaired) electrons. The zero-order chi connectivity index (χ0) is 12.1. The Morgan fingerprint density at radius 3 is 3.06 bits per heavy atom. The molecule has 2 aliphatic rings. The standard InChI is InChI=1S/C12H22N2O3.ClH/c1-10-6-13-3-4-14(10)12(15)9-17-8-11-2-5-16-7-11;/h10-11,13H,2-9H2,1H3;1H/t10-,11?;/m0./s1. The summed E-state index contributed by atoms with van der Waals surface area (Å²) in [7, 11) is 0. The summed E-state index contributed by atoms with van der Waals surface area (Å²) in [6.07, 6.45) is 1.05. The second-order valence-electron chi connectivity index (χ2n) is 4.89. The summed E-state index contributed by atoms with van der Waals surface area (Å²) in [6.45, 7) is 7.07. The summed E-state index contributed by atoms with van der Waals surface area (Å²) in [5.74, 6) is 0.584. The first-order chi connectivity index (χ1) is 8.27. The zero-order valence-electron chi connectivity index (χ0n) is 10.9. The summed E-state index contributed by atoms with van der Waals surface area (Å²) in [6, 6.07) is 0.273. The molecule has 0 aromatic heterocycles. The Hall–Kier alpha value is -0.360. The van der Waals surface area contributed by atoms with Gasteiger partial charge in [-0.1, -0.05) is 0 Å². The molecule has 0 aromatic rings. The largest absolute Gasteiger partial charge is 0.381 e. The fourth-order valence-corrected chi connectivity index (χ4v) is 2.32. The van der Waals surface area contributed by atoms with E-state index in [4.69, 9.17) is 9.47 Å².